The highest BCUT2D eigenvalue weighted by molar-refractivity contribution is 8.02. The second-order valence-corrected chi connectivity index (χ2v) is 3.47. The first-order chi connectivity index (χ1) is 4.88. The highest BCUT2D eigenvalue weighted by Crippen LogP contribution is 2.32. The van der Waals surface area contributed by atoms with Crippen LogP contribution < -0.4 is 0 Å². The number of fused-ring (bicyclic) bond motifs is 1. The van der Waals surface area contributed by atoms with Gasteiger partial charge in [-0.3, -0.25) is 4.79 Å². The largest absolute Gasteiger partial charge is 0.294 e. The van der Waals surface area contributed by atoms with E-state index in [1.54, 1.807) is 11.8 Å². The molecule has 1 unspecified atom stereocenters. The van der Waals surface area contributed by atoms with Crippen LogP contribution in [0.15, 0.2) is 23.1 Å². The Labute approximate surface area is 64.2 Å². The summed E-state index contributed by atoms with van der Waals surface area (Å²) in [6, 6.07) is 0. The highest BCUT2D eigenvalue weighted by atomic mass is 32.2. The molecule has 0 bridgehead atoms. The molecule has 0 saturated heterocycles. The molecule has 1 nitrogen and oxygen atoms in total. The second-order valence-electron chi connectivity index (χ2n) is 2.57. The van der Waals surface area contributed by atoms with E-state index in [1.165, 1.54) is 0 Å². The zero-order valence-electron chi connectivity index (χ0n) is 5.54. The normalized spacial score (nSPS) is 30.2. The number of carbonyl (C=O) groups excluding carboxylic acids is 1. The van der Waals surface area contributed by atoms with Crippen LogP contribution in [0, 0.1) is 5.92 Å². The molecular weight excluding hydrogens is 144 g/mol. The maximum absolute atomic E-state index is 11.1. The van der Waals surface area contributed by atoms with Crippen LogP contribution in [-0.4, -0.2) is 11.5 Å². The van der Waals surface area contributed by atoms with E-state index in [4.69, 9.17) is 0 Å². The van der Waals surface area contributed by atoms with Crippen molar-refractivity contribution < 1.29 is 4.79 Å². The highest BCUT2D eigenvalue weighted by Gasteiger charge is 2.24. The van der Waals surface area contributed by atoms with Crippen molar-refractivity contribution in [3.63, 3.8) is 0 Å². The van der Waals surface area contributed by atoms with E-state index in [1.807, 2.05) is 11.5 Å². The zero-order valence-corrected chi connectivity index (χ0v) is 6.36. The second kappa shape index (κ2) is 2.27. The van der Waals surface area contributed by atoms with Crippen LogP contribution in [0.1, 0.15) is 6.42 Å². The van der Waals surface area contributed by atoms with Gasteiger partial charge in [-0.15, -0.1) is 11.8 Å². The molecule has 0 amide bonds. The predicted octanol–water partition coefficient (Wildman–Crippen LogP) is 1.76. The van der Waals surface area contributed by atoms with Crippen LogP contribution in [0.5, 0.6) is 0 Å². The van der Waals surface area contributed by atoms with E-state index in [0.717, 1.165) is 11.3 Å². The monoisotopic (exact) mass is 152 g/mol. The van der Waals surface area contributed by atoms with Gasteiger partial charge in [0, 0.05) is 23.7 Å². The van der Waals surface area contributed by atoms with Crippen LogP contribution in [0.2, 0.25) is 0 Å². The van der Waals surface area contributed by atoms with E-state index in [2.05, 4.69) is 6.08 Å². The van der Waals surface area contributed by atoms with Gasteiger partial charge in [-0.1, -0.05) is 12.2 Å². The number of hydrogen-bond donors (Lipinski definition) is 0. The van der Waals surface area contributed by atoms with Gasteiger partial charge in [0.25, 0.3) is 0 Å². The van der Waals surface area contributed by atoms with Gasteiger partial charge in [0.15, 0.2) is 5.78 Å². The Hall–Kier alpha value is -0.500. The SMILES string of the molecule is O=C1CC=CC2CSC=C12. The summed E-state index contributed by atoms with van der Waals surface area (Å²) >= 11 is 1.75. The number of thioether (sulfide) groups is 1. The number of allylic oxidation sites excluding steroid dienone is 3. The van der Waals surface area contributed by atoms with Gasteiger partial charge in [-0.05, 0) is 5.41 Å². The van der Waals surface area contributed by atoms with Gasteiger partial charge in [-0.25, -0.2) is 0 Å². The number of rotatable bonds is 0. The van der Waals surface area contributed by atoms with Crippen LogP contribution in [0.3, 0.4) is 0 Å². The first-order valence-electron chi connectivity index (χ1n) is 3.39. The number of ketones is 1. The topological polar surface area (TPSA) is 17.1 Å². The van der Waals surface area contributed by atoms with Crippen LogP contribution in [-0.2, 0) is 4.79 Å². The van der Waals surface area contributed by atoms with E-state index >= 15 is 0 Å². The standard InChI is InChI=1S/C8H8OS/c9-8-3-1-2-6-4-10-5-7(6)8/h1-2,5-6H,3-4H2. The van der Waals surface area contributed by atoms with Crippen molar-refractivity contribution in [2.24, 2.45) is 5.92 Å². The van der Waals surface area contributed by atoms with Gasteiger partial charge in [-0.2, -0.15) is 0 Å². The lowest BCUT2D eigenvalue weighted by atomic mass is 9.92. The molecule has 0 spiro atoms. The summed E-state index contributed by atoms with van der Waals surface area (Å²) in [6.45, 7) is 0. The summed E-state index contributed by atoms with van der Waals surface area (Å²) in [5.74, 6) is 1.82. The average molecular weight is 152 g/mol. The number of carbonyl (C=O) groups is 1. The summed E-state index contributed by atoms with van der Waals surface area (Å²) < 4.78 is 0. The zero-order chi connectivity index (χ0) is 6.97. The Bertz CT molecular complexity index is 227. The maximum atomic E-state index is 11.1. The fourth-order valence-electron chi connectivity index (χ4n) is 1.31. The molecule has 0 aromatic carbocycles. The summed E-state index contributed by atoms with van der Waals surface area (Å²) in [4.78, 5) is 11.1. The average Bonchev–Trinajstić information content (AvgIpc) is 2.36. The Morgan fingerprint density at radius 3 is 3.30 bits per heavy atom. The van der Waals surface area contributed by atoms with Crippen LogP contribution in [0.25, 0.3) is 0 Å². The Kier molecular flexibility index (Phi) is 1.42. The lowest BCUT2D eigenvalue weighted by molar-refractivity contribution is -0.115. The van der Waals surface area contributed by atoms with Crippen molar-refractivity contribution in [1.29, 1.82) is 0 Å². The molecule has 1 aliphatic heterocycles. The summed E-state index contributed by atoms with van der Waals surface area (Å²) in [5.41, 5.74) is 1.03. The molecule has 0 aromatic heterocycles. The Morgan fingerprint density at radius 2 is 2.50 bits per heavy atom. The van der Waals surface area contributed by atoms with Crippen molar-refractivity contribution >= 4 is 17.5 Å². The minimum Gasteiger partial charge on any atom is -0.294 e. The lowest BCUT2D eigenvalue weighted by Gasteiger charge is -2.11. The summed E-state index contributed by atoms with van der Waals surface area (Å²) in [6.07, 6.45) is 4.74. The molecule has 52 valence electrons. The van der Waals surface area contributed by atoms with Crippen molar-refractivity contribution in [3.8, 4) is 0 Å². The summed E-state index contributed by atoms with van der Waals surface area (Å²) in [7, 11) is 0. The van der Waals surface area contributed by atoms with Crippen LogP contribution in [0.4, 0.5) is 0 Å². The minimum atomic E-state index is 0.317. The number of Topliss-reactive ketones (excluding diaryl/α,β-unsaturated/α-hetero) is 1. The van der Waals surface area contributed by atoms with Crippen molar-refractivity contribution in [1.82, 2.24) is 0 Å². The molecule has 1 heterocycles. The molecule has 0 aromatic rings. The molecule has 2 aliphatic rings. The smallest absolute Gasteiger partial charge is 0.163 e. The molecule has 0 radical (unpaired) electrons. The van der Waals surface area contributed by atoms with Gasteiger partial charge in [0.1, 0.15) is 0 Å². The molecule has 2 rings (SSSR count). The van der Waals surface area contributed by atoms with Crippen molar-refractivity contribution in [3.05, 3.63) is 23.1 Å². The number of hydrogen-bond acceptors (Lipinski definition) is 2. The van der Waals surface area contributed by atoms with E-state index in [9.17, 15) is 4.79 Å². The summed E-state index contributed by atoms with van der Waals surface area (Å²) in [5, 5.41) is 2.01. The quantitative estimate of drug-likeness (QED) is 0.492. The van der Waals surface area contributed by atoms with Crippen LogP contribution >= 0.6 is 11.8 Å². The van der Waals surface area contributed by atoms with Crippen molar-refractivity contribution in [2.75, 3.05) is 5.75 Å². The third-order valence-corrected chi connectivity index (χ3v) is 2.85. The van der Waals surface area contributed by atoms with E-state index < -0.39 is 0 Å². The van der Waals surface area contributed by atoms with Gasteiger partial charge >= 0.3 is 0 Å². The van der Waals surface area contributed by atoms with Crippen molar-refractivity contribution in [2.45, 2.75) is 6.42 Å². The molecule has 0 fully saturated rings. The molecule has 2 heteroatoms. The molecule has 1 aliphatic carbocycles. The first kappa shape index (κ1) is 6.23. The Morgan fingerprint density at radius 1 is 1.60 bits per heavy atom. The molecule has 1 atom stereocenters. The molecule has 10 heavy (non-hydrogen) atoms. The minimum absolute atomic E-state index is 0.317. The molecular formula is C8H8OS. The van der Waals surface area contributed by atoms with Gasteiger partial charge in [0.05, 0.1) is 0 Å². The maximum Gasteiger partial charge on any atom is 0.163 e. The Balaban J connectivity index is 2.35. The van der Waals surface area contributed by atoms with E-state index in [0.29, 0.717) is 18.1 Å². The molecule has 0 saturated carbocycles. The predicted molar refractivity (Wildman–Crippen MR) is 42.8 cm³/mol. The van der Waals surface area contributed by atoms with Gasteiger partial charge < -0.3 is 0 Å². The first-order valence-corrected chi connectivity index (χ1v) is 4.44. The fraction of sp³-hybridized carbons (Fsp3) is 0.375. The third kappa shape index (κ3) is 0.833. The fourth-order valence-corrected chi connectivity index (χ4v) is 2.39. The third-order valence-electron chi connectivity index (χ3n) is 1.88. The van der Waals surface area contributed by atoms with E-state index in [-0.39, 0.29) is 0 Å². The molecule has 0 N–H and O–H groups in total. The lowest BCUT2D eigenvalue weighted by Crippen LogP contribution is -2.12. The van der Waals surface area contributed by atoms with Gasteiger partial charge in [0.2, 0.25) is 0 Å².